The molecule has 2 aliphatic rings. The number of fused-ring (bicyclic) bond motifs is 1. The van der Waals surface area contributed by atoms with Crippen LogP contribution in [0.25, 0.3) is 0 Å². The van der Waals surface area contributed by atoms with Gasteiger partial charge < -0.3 is 14.6 Å². The highest BCUT2D eigenvalue weighted by Gasteiger charge is 2.44. The highest BCUT2D eigenvalue weighted by atomic mass is 19.1. The normalized spacial score (nSPS) is 22.1. The predicted molar refractivity (Wildman–Crippen MR) is 94.0 cm³/mol. The zero-order valence-corrected chi connectivity index (χ0v) is 15.1. The topological polar surface area (TPSA) is 55.8 Å². The standard InChI is InChI=1S/C21H20F2O4/c1-21(2)9-12-5-14(22)6-13(19(12)27-21)10-26-18-4-3-11(7-17(18)23)15-8-16(15)20(24)25/h3-7,15-16H,8-10H2,1-2H3,(H,24,25). The lowest BCUT2D eigenvalue weighted by Gasteiger charge is -2.18. The van der Waals surface area contributed by atoms with Gasteiger partial charge in [0.2, 0.25) is 0 Å². The van der Waals surface area contributed by atoms with Gasteiger partial charge in [0, 0.05) is 17.5 Å². The SMILES string of the molecule is CC1(C)Cc2cc(F)cc(COc3ccc(C4CC4C(=O)O)cc3F)c2O1. The smallest absolute Gasteiger partial charge is 0.307 e. The fourth-order valence-electron chi connectivity index (χ4n) is 3.71. The number of benzene rings is 2. The Labute approximate surface area is 155 Å². The van der Waals surface area contributed by atoms with Gasteiger partial charge in [-0.2, -0.15) is 0 Å². The van der Waals surface area contributed by atoms with Gasteiger partial charge in [-0.15, -0.1) is 0 Å². The molecule has 4 nitrogen and oxygen atoms in total. The second-order valence-electron chi connectivity index (χ2n) is 7.86. The highest BCUT2D eigenvalue weighted by molar-refractivity contribution is 5.75. The summed E-state index contributed by atoms with van der Waals surface area (Å²) < 4.78 is 39.7. The van der Waals surface area contributed by atoms with Crippen molar-refractivity contribution >= 4 is 5.97 Å². The highest BCUT2D eigenvalue weighted by Crippen LogP contribution is 2.48. The Morgan fingerprint density at radius 3 is 2.74 bits per heavy atom. The molecule has 0 bridgehead atoms. The number of rotatable bonds is 5. The van der Waals surface area contributed by atoms with Gasteiger partial charge in [0.25, 0.3) is 0 Å². The lowest BCUT2D eigenvalue weighted by atomic mass is 10.0. The minimum atomic E-state index is -0.858. The molecule has 2 atom stereocenters. The third-order valence-corrected chi connectivity index (χ3v) is 5.08. The number of carboxylic acid groups (broad SMARTS) is 1. The molecule has 2 aromatic carbocycles. The van der Waals surface area contributed by atoms with Gasteiger partial charge in [-0.3, -0.25) is 4.79 Å². The molecular weight excluding hydrogens is 354 g/mol. The van der Waals surface area contributed by atoms with E-state index in [9.17, 15) is 13.6 Å². The molecule has 4 rings (SSSR count). The van der Waals surface area contributed by atoms with E-state index >= 15 is 0 Å². The van der Waals surface area contributed by atoms with Crippen LogP contribution < -0.4 is 9.47 Å². The van der Waals surface area contributed by atoms with Gasteiger partial charge in [-0.05, 0) is 56.0 Å². The Balaban J connectivity index is 1.50. The van der Waals surface area contributed by atoms with Crippen LogP contribution in [0.3, 0.4) is 0 Å². The Morgan fingerprint density at radius 2 is 2.07 bits per heavy atom. The molecule has 0 radical (unpaired) electrons. The third-order valence-electron chi connectivity index (χ3n) is 5.08. The summed E-state index contributed by atoms with van der Waals surface area (Å²) in [5.41, 5.74) is 1.56. The molecule has 6 heteroatoms. The maximum Gasteiger partial charge on any atom is 0.307 e. The van der Waals surface area contributed by atoms with E-state index in [2.05, 4.69) is 0 Å². The average Bonchev–Trinajstić information content (AvgIpc) is 3.31. The van der Waals surface area contributed by atoms with E-state index < -0.39 is 23.3 Å². The number of ether oxygens (including phenoxy) is 2. The van der Waals surface area contributed by atoms with Gasteiger partial charge in [0.15, 0.2) is 11.6 Å². The summed E-state index contributed by atoms with van der Waals surface area (Å²) in [5.74, 6) is -1.73. The maximum atomic E-state index is 14.4. The zero-order valence-electron chi connectivity index (χ0n) is 15.1. The number of carbonyl (C=O) groups is 1. The summed E-state index contributed by atoms with van der Waals surface area (Å²) in [7, 11) is 0. The van der Waals surface area contributed by atoms with Gasteiger partial charge >= 0.3 is 5.97 Å². The first-order valence-corrected chi connectivity index (χ1v) is 8.89. The maximum absolute atomic E-state index is 14.4. The molecule has 0 amide bonds. The molecule has 0 spiro atoms. The van der Waals surface area contributed by atoms with E-state index in [0.29, 0.717) is 29.7 Å². The van der Waals surface area contributed by atoms with Crippen molar-refractivity contribution in [2.75, 3.05) is 0 Å². The number of halogens is 2. The molecule has 0 aromatic heterocycles. The molecular formula is C21H20F2O4. The van der Waals surface area contributed by atoms with Gasteiger partial charge in [-0.1, -0.05) is 6.07 Å². The van der Waals surface area contributed by atoms with E-state index in [-0.39, 0.29) is 24.1 Å². The predicted octanol–water partition coefficient (Wildman–Crippen LogP) is 4.45. The Hall–Kier alpha value is -2.63. The van der Waals surface area contributed by atoms with Crippen molar-refractivity contribution < 1.29 is 28.2 Å². The second-order valence-corrected chi connectivity index (χ2v) is 7.86. The molecule has 1 N–H and O–H groups in total. The number of carboxylic acids is 1. The van der Waals surface area contributed by atoms with Crippen molar-refractivity contribution in [1.82, 2.24) is 0 Å². The first kappa shape index (κ1) is 17.8. The van der Waals surface area contributed by atoms with Gasteiger partial charge in [-0.25, -0.2) is 8.78 Å². The van der Waals surface area contributed by atoms with Crippen LogP contribution in [0, 0.1) is 17.6 Å². The number of aliphatic carboxylic acids is 1. The third kappa shape index (κ3) is 3.48. The fraction of sp³-hybridized carbons (Fsp3) is 0.381. The van der Waals surface area contributed by atoms with Crippen molar-refractivity contribution in [1.29, 1.82) is 0 Å². The van der Waals surface area contributed by atoms with Gasteiger partial charge in [0.05, 0.1) is 5.92 Å². The molecule has 1 fully saturated rings. The zero-order chi connectivity index (χ0) is 19.3. The number of hydrogen-bond acceptors (Lipinski definition) is 3. The summed E-state index contributed by atoms with van der Waals surface area (Å²) in [6.07, 6.45) is 1.12. The van der Waals surface area contributed by atoms with Crippen LogP contribution in [-0.2, 0) is 17.8 Å². The summed E-state index contributed by atoms with van der Waals surface area (Å²) in [5, 5.41) is 8.99. The van der Waals surface area contributed by atoms with E-state index in [1.54, 1.807) is 6.07 Å². The lowest BCUT2D eigenvalue weighted by Crippen LogP contribution is -2.25. The van der Waals surface area contributed by atoms with Crippen molar-refractivity contribution in [2.45, 2.75) is 44.8 Å². The molecule has 1 aliphatic carbocycles. The molecule has 2 unspecified atom stereocenters. The van der Waals surface area contributed by atoms with Crippen LogP contribution in [0.1, 0.15) is 42.9 Å². The largest absolute Gasteiger partial charge is 0.487 e. The molecule has 1 aliphatic heterocycles. The molecule has 142 valence electrons. The van der Waals surface area contributed by atoms with Crippen LogP contribution in [0.15, 0.2) is 30.3 Å². The van der Waals surface area contributed by atoms with Crippen molar-refractivity contribution in [3.8, 4) is 11.5 Å². The van der Waals surface area contributed by atoms with E-state index in [4.69, 9.17) is 14.6 Å². The van der Waals surface area contributed by atoms with Crippen molar-refractivity contribution in [2.24, 2.45) is 5.92 Å². The average molecular weight is 374 g/mol. The molecule has 1 heterocycles. The summed E-state index contributed by atoms with van der Waals surface area (Å²) in [6.45, 7) is 3.83. The van der Waals surface area contributed by atoms with E-state index in [1.807, 2.05) is 13.8 Å². The Bertz CT molecular complexity index is 923. The van der Waals surface area contributed by atoms with E-state index in [1.165, 1.54) is 24.3 Å². The fourth-order valence-corrected chi connectivity index (χ4v) is 3.71. The summed E-state index contributed by atoms with van der Waals surface area (Å²) in [6, 6.07) is 7.29. The first-order chi connectivity index (χ1) is 12.7. The monoisotopic (exact) mass is 374 g/mol. The molecule has 1 saturated carbocycles. The summed E-state index contributed by atoms with van der Waals surface area (Å²) >= 11 is 0. The van der Waals surface area contributed by atoms with Crippen LogP contribution in [0.2, 0.25) is 0 Å². The minimum Gasteiger partial charge on any atom is -0.487 e. The number of hydrogen-bond donors (Lipinski definition) is 1. The van der Waals surface area contributed by atoms with Crippen LogP contribution in [0.5, 0.6) is 11.5 Å². The van der Waals surface area contributed by atoms with Crippen LogP contribution in [0.4, 0.5) is 8.78 Å². The van der Waals surface area contributed by atoms with Crippen molar-refractivity contribution in [3.05, 3.63) is 58.7 Å². The summed E-state index contributed by atoms with van der Waals surface area (Å²) in [4.78, 5) is 11.0. The first-order valence-electron chi connectivity index (χ1n) is 8.89. The minimum absolute atomic E-state index is 0.0202. The van der Waals surface area contributed by atoms with Crippen LogP contribution in [-0.4, -0.2) is 16.7 Å². The van der Waals surface area contributed by atoms with Crippen molar-refractivity contribution in [3.63, 3.8) is 0 Å². The Morgan fingerprint density at radius 1 is 1.30 bits per heavy atom. The quantitative estimate of drug-likeness (QED) is 0.840. The lowest BCUT2D eigenvalue weighted by molar-refractivity contribution is -0.138. The molecule has 27 heavy (non-hydrogen) atoms. The second kappa shape index (κ2) is 6.22. The van der Waals surface area contributed by atoms with E-state index in [0.717, 1.165) is 5.56 Å². The molecule has 0 saturated heterocycles. The molecule has 2 aromatic rings. The van der Waals surface area contributed by atoms with Crippen LogP contribution >= 0.6 is 0 Å². The Kier molecular flexibility index (Phi) is 4.09. The van der Waals surface area contributed by atoms with Gasteiger partial charge in [0.1, 0.15) is 23.8 Å².